The first-order chi connectivity index (χ1) is 19.3. The van der Waals surface area contributed by atoms with Crippen LogP contribution < -0.4 is 10.6 Å². The van der Waals surface area contributed by atoms with Crippen LogP contribution in [-0.4, -0.2) is 33.9 Å². The number of carboxylic acid groups (broad SMARTS) is 1. The number of aromatic nitrogens is 1. The lowest BCUT2D eigenvalue weighted by atomic mass is 9.48. The molecule has 1 heterocycles. The van der Waals surface area contributed by atoms with Gasteiger partial charge in [0.15, 0.2) is 0 Å². The molecule has 5 fully saturated rings. The molecule has 0 unspecified atom stereocenters. The predicted octanol–water partition coefficient (Wildman–Crippen LogP) is 6.67. The average Bonchev–Trinajstić information content (AvgIpc) is 3.36. The second-order valence-corrected chi connectivity index (χ2v) is 13.4. The van der Waals surface area contributed by atoms with Crippen LogP contribution in [0.3, 0.4) is 0 Å². The molecule has 7 nitrogen and oxygen atoms in total. The molecule has 5 aliphatic carbocycles. The number of carbonyl (C=O) groups excluding carboxylic acids is 2. The van der Waals surface area contributed by atoms with Crippen LogP contribution in [0.5, 0.6) is 0 Å². The van der Waals surface area contributed by atoms with E-state index in [-0.39, 0.29) is 5.91 Å². The lowest BCUT2D eigenvalue weighted by molar-refractivity contribution is -0.138. The number of H-pyrrole nitrogens is 1. The number of nitrogens with one attached hydrogen (secondary N) is 3. The molecule has 5 aliphatic rings. The summed E-state index contributed by atoms with van der Waals surface area (Å²) in [6.45, 7) is 1.42. The third-order valence-corrected chi connectivity index (χ3v) is 10.4. The van der Waals surface area contributed by atoms with E-state index in [4.69, 9.17) is 5.11 Å². The fraction of sp³-hybridized carbons (Fsp3) is 0.606. The van der Waals surface area contributed by atoms with Gasteiger partial charge in [-0.15, -0.1) is 0 Å². The van der Waals surface area contributed by atoms with Crippen molar-refractivity contribution in [3.05, 3.63) is 52.8 Å². The Morgan fingerprint density at radius 1 is 0.975 bits per heavy atom. The van der Waals surface area contributed by atoms with E-state index in [1.165, 1.54) is 83.2 Å². The van der Waals surface area contributed by atoms with Crippen LogP contribution in [0.25, 0.3) is 0 Å². The number of carboxylic acids is 1. The van der Waals surface area contributed by atoms with E-state index in [9.17, 15) is 14.4 Å². The number of rotatable bonds is 9. The summed E-state index contributed by atoms with van der Waals surface area (Å²) < 4.78 is 0. The minimum absolute atomic E-state index is 0.157. The van der Waals surface area contributed by atoms with Crippen LogP contribution in [0, 0.1) is 23.2 Å². The number of aliphatic carboxylic acids is 1. The van der Waals surface area contributed by atoms with Gasteiger partial charge in [-0.05, 0) is 124 Å². The Balaban J connectivity index is 1.20. The monoisotopic (exact) mass is 545 g/mol. The zero-order valence-corrected chi connectivity index (χ0v) is 23.6. The van der Waals surface area contributed by atoms with E-state index >= 15 is 0 Å². The van der Waals surface area contributed by atoms with Crippen LogP contribution in [0.15, 0.2) is 30.3 Å². The average molecular weight is 546 g/mol. The van der Waals surface area contributed by atoms with E-state index in [0.29, 0.717) is 22.6 Å². The Morgan fingerprint density at radius 3 is 2.30 bits per heavy atom. The van der Waals surface area contributed by atoms with Crippen molar-refractivity contribution in [2.24, 2.45) is 23.2 Å². The molecule has 1 atom stereocenters. The normalized spacial score (nSPS) is 28.3. The molecule has 4 bridgehead atoms. The zero-order chi connectivity index (χ0) is 27.9. The van der Waals surface area contributed by atoms with Crippen molar-refractivity contribution in [3.8, 4) is 0 Å². The van der Waals surface area contributed by atoms with E-state index in [0.717, 1.165) is 41.9 Å². The summed E-state index contributed by atoms with van der Waals surface area (Å²) >= 11 is 0. The largest absolute Gasteiger partial charge is 0.480 e. The van der Waals surface area contributed by atoms with E-state index in [2.05, 4.69) is 21.7 Å². The summed E-state index contributed by atoms with van der Waals surface area (Å²) in [5.41, 5.74) is 4.25. The van der Waals surface area contributed by atoms with Crippen molar-refractivity contribution in [2.75, 3.05) is 5.32 Å². The minimum Gasteiger partial charge on any atom is -0.480 e. The van der Waals surface area contributed by atoms with Gasteiger partial charge in [0.2, 0.25) is 0 Å². The molecule has 2 aromatic rings. The molecular formula is C33H43N3O4. The van der Waals surface area contributed by atoms with Gasteiger partial charge in [0.25, 0.3) is 11.8 Å². The van der Waals surface area contributed by atoms with Gasteiger partial charge in [0, 0.05) is 22.6 Å². The molecule has 2 amide bonds. The summed E-state index contributed by atoms with van der Waals surface area (Å²) in [4.78, 5) is 41.1. The Morgan fingerprint density at radius 2 is 1.65 bits per heavy atom. The number of aryl methyl sites for hydroxylation is 1. The summed E-state index contributed by atoms with van der Waals surface area (Å²) in [5.74, 6) is 1.49. The highest BCUT2D eigenvalue weighted by Crippen LogP contribution is 2.61. The SMILES string of the molecule is C[C@@H](NC(=O)c1cccc(NC(=O)c2cc(C3CCCCC3)[nH]c2CCC23CC4CC(CC(C4)C2)C3)c1)C(=O)O. The van der Waals surface area contributed by atoms with Crippen LogP contribution in [0.4, 0.5) is 5.69 Å². The Labute approximate surface area is 236 Å². The van der Waals surface area contributed by atoms with Crippen LogP contribution >= 0.6 is 0 Å². The smallest absolute Gasteiger partial charge is 0.325 e. The molecule has 7 rings (SSSR count). The fourth-order valence-electron chi connectivity index (χ4n) is 8.82. The first-order valence-electron chi connectivity index (χ1n) is 15.4. The first kappa shape index (κ1) is 27.1. The highest BCUT2D eigenvalue weighted by Gasteiger charge is 2.50. The summed E-state index contributed by atoms with van der Waals surface area (Å²) in [6, 6.07) is 7.78. The zero-order valence-electron chi connectivity index (χ0n) is 23.6. The standard InChI is InChI=1S/C33H43N3O4/c1-20(32(39)40)34-30(37)25-8-5-9-26(15-25)35-31(38)27-16-29(24-6-3-2-4-7-24)36-28(27)10-11-33-17-21-12-22(18-33)14-23(13-21)19-33/h5,8-9,15-16,20-24,36H,2-4,6-7,10-14,17-19H2,1H3,(H,34,37)(H,35,38)(H,39,40)/t20-,21?,22?,23?,33?/m1/s1. The lowest BCUT2D eigenvalue weighted by Crippen LogP contribution is -2.46. The molecule has 7 heteroatoms. The van der Waals surface area contributed by atoms with Gasteiger partial charge in [0.1, 0.15) is 6.04 Å². The third-order valence-electron chi connectivity index (χ3n) is 10.4. The number of amides is 2. The number of carbonyl (C=O) groups is 3. The molecule has 4 N–H and O–H groups in total. The molecule has 1 aromatic heterocycles. The number of hydrogen-bond donors (Lipinski definition) is 4. The molecule has 1 aromatic carbocycles. The Bertz CT molecular complexity index is 1240. The number of anilines is 1. The van der Waals surface area contributed by atoms with Gasteiger partial charge >= 0.3 is 5.97 Å². The van der Waals surface area contributed by atoms with Crippen molar-refractivity contribution in [3.63, 3.8) is 0 Å². The number of aromatic amines is 1. The summed E-state index contributed by atoms with van der Waals surface area (Å²) in [7, 11) is 0. The summed E-state index contributed by atoms with van der Waals surface area (Å²) in [5, 5.41) is 14.6. The molecule has 0 saturated heterocycles. The maximum Gasteiger partial charge on any atom is 0.325 e. The second kappa shape index (κ2) is 11.1. The molecule has 40 heavy (non-hydrogen) atoms. The maximum atomic E-state index is 13.7. The van der Waals surface area contributed by atoms with E-state index in [1.807, 2.05) is 0 Å². The molecule has 0 aliphatic heterocycles. The molecular weight excluding hydrogens is 502 g/mol. The minimum atomic E-state index is -1.10. The second-order valence-electron chi connectivity index (χ2n) is 13.4. The van der Waals surface area contributed by atoms with Gasteiger partial charge in [0.05, 0.1) is 5.56 Å². The van der Waals surface area contributed by atoms with E-state index < -0.39 is 17.9 Å². The van der Waals surface area contributed by atoms with E-state index in [1.54, 1.807) is 24.3 Å². The van der Waals surface area contributed by atoms with Crippen LogP contribution in [0.2, 0.25) is 0 Å². The van der Waals surface area contributed by atoms with Crippen molar-refractivity contribution >= 4 is 23.5 Å². The number of hydrogen-bond acceptors (Lipinski definition) is 3. The van der Waals surface area contributed by atoms with Crippen molar-refractivity contribution in [1.82, 2.24) is 10.3 Å². The summed E-state index contributed by atoms with van der Waals surface area (Å²) in [6.07, 6.45) is 16.6. The Hall–Kier alpha value is -3.09. The molecule has 5 saturated carbocycles. The molecule has 214 valence electrons. The van der Waals surface area contributed by atoms with Crippen LogP contribution in [-0.2, 0) is 11.2 Å². The third kappa shape index (κ3) is 5.70. The topological polar surface area (TPSA) is 111 Å². The van der Waals surface area contributed by atoms with Crippen molar-refractivity contribution < 1.29 is 19.5 Å². The van der Waals surface area contributed by atoms with Crippen molar-refractivity contribution in [1.29, 1.82) is 0 Å². The quantitative estimate of drug-likeness (QED) is 0.282. The van der Waals surface area contributed by atoms with Gasteiger partial charge in [-0.1, -0.05) is 25.3 Å². The Kier molecular flexibility index (Phi) is 7.49. The van der Waals surface area contributed by atoms with Crippen LogP contribution in [0.1, 0.15) is 122 Å². The van der Waals surface area contributed by atoms with Crippen molar-refractivity contribution in [2.45, 2.75) is 102 Å². The van der Waals surface area contributed by atoms with Gasteiger partial charge in [-0.2, -0.15) is 0 Å². The lowest BCUT2D eigenvalue weighted by Gasteiger charge is -2.57. The van der Waals surface area contributed by atoms with Gasteiger partial charge in [-0.3, -0.25) is 14.4 Å². The fourth-order valence-corrected chi connectivity index (χ4v) is 8.82. The molecule has 0 spiro atoms. The maximum absolute atomic E-state index is 13.7. The highest BCUT2D eigenvalue weighted by molar-refractivity contribution is 6.06. The predicted molar refractivity (Wildman–Crippen MR) is 155 cm³/mol. The highest BCUT2D eigenvalue weighted by atomic mass is 16.4. The van der Waals surface area contributed by atoms with Gasteiger partial charge in [-0.25, -0.2) is 0 Å². The first-order valence-corrected chi connectivity index (χ1v) is 15.4. The number of benzene rings is 1. The molecule has 0 radical (unpaired) electrons. The van der Waals surface area contributed by atoms with Gasteiger partial charge < -0.3 is 20.7 Å².